The normalized spacial score (nSPS) is 12.0. The molecule has 0 aliphatic carbocycles. The molecule has 41 heavy (non-hydrogen) atoms. The molecule has 1 amide bonds. The Labute approximate surface area is 238 Å². The summed E-state index contributed by atoms with van der Waals surface area (Å²) >= 11 is 6.09. The van der Waals surface area contributed by atoms with E-state index in [0.717, 1.165) is 18.2 Å². The van der Waals surface area contributed by atoms with Crippen LogP contribution in [0.4, 0.5) is 18.9 Å². The number of anilines is 1. The van der Waals surface area contributed by atoms with E-state index in [1.165, 1.54) is 10.9 Å². The van der Waals surface area contributed by atoms with Crippen molar-refractivity contribution < 1.29 is 27.5 Å². The first-order chi connectivity index (χ1) is 19.7. The van der Waals surface area contributed by atoms with Crippen LogP contribution >= 0.6 is 11.6 Å². The fourth-order valence-electron chi connectivity index (χ4n) is 4.11. The lowest BCUT2D eigenvalue weighted by molar-refractivity contribution is -0.137. The number of hydrogen-bond donors (Lipinski definition) is 1. The lowest BCUT2D eigenvalue weighted by Gasteiger charge is -2.19. The molecule has 5 rings (SSSR count). The van der Waals surface area contributed by atoms with Crippen molar-refractivity contribution in [3.63, 3.8) is 0 Å². The Balaban J connectivity index is 1.50. The average Bonchev–Trinajstić information content (AvgIpc) is 3.43. The SMILES string of the molecule is O=C(O[C@H](C(=O)Nc1cc(C(F)(F)F)ccc1Cl)c1ccccc1)c1cn(-c2ccccc2)nc1-c1ccccc1. The van der Waals surface area contributed by atoms with Crippen molar-refractivity contribution >= 4 is 29.2 Å². The number of carbonyl (C=O) groups excluding carboxylic acids is 2. The summed E-state index contributed by atoms with van der Waals surface area (Å²) in [5.74, 6) is -1.74. The van der Waals surface area contributed by atoms with Crippen LogP contribution in [0, 0.1) is 0 Å². The molecule has 4 aromatic carbocycles. The van der Waals surface area contributed by atoms with E-state index in [0.29, 0.717) is 22.5 Å². The van der Waals surface area contributed by atoms with E-state index in [1.54, 1.807) is 54.6 Å². The maximum atomic E-state index is 13.6. The first-order valence-corrected chi connectivity index (χ1v) is 12.7. The molecule has 0 fully saturated rings. The van der Waals surface area contributed by atoms with Crippen molar-refractivity contribution in [3.8, 4) is 16.9 Å². The number of para-hydroxylation sites is 1. The van der Waals surface area contributed by atoms with Gasteiger partial charge < -0.3 is 10.1 Å². The quantitative estimate of drug-likeness (QED) is 0.201. The number of amides is 1. The molecule has 1 aromatic heterocycles. The first kappa shape index (κ1) is 27.7. The summed E-state index contributed by atoms with van der Waals surface area (Å²) in [6.45, 7) is 0. The predicted octanol–water partition coefficient (Wildman–Crippen LogP) is 7.75. The van der Waals surface area contributed by atoms with Crippen LogP contribution in [-0.2, 0) is 15.7 Å². The second-order valence-electron chi connectivity index (χ2n) is 8.92. The van der Waals surface area contributed by atoms with Crippen molar-refractivity contribution in [2.45, 2.75) is 12.3 Å². The van der Waals surface area contributed by atoms with Gasteiger partial charge >= 0.3 is 12.1 Å². The Hall–Kier alpha value is -4.89. The van der Waals surface area contributed by atoms with Gasteiger partial charge in [0.2, 0.25) is 6.10 Å². The molecule has 5 aromatic rings. The summed E-state index contributed by atoms with van der Waals surface area (Å²) in [5, 5.41) is 6.88. The number of esters is 1. The molecule has 206 valence electrons. The molecule has 0 aliphatic rings. The molecule has 6 nitrogen and oxygen atoms in total. The van der Waals surface area contributed by atoms with Crippen LogP contribution in [0.1, 0.15) is 27.6 Å². The monoisotopic (exact) mass is 575 g/mol. The third-order valence-electron chi connectivity index (χ3n) is 6.12. The molecule has 1 atom stereocenters. The molecule has 0 bridgehead atoms. The number of aromatic nitrogens is 2. The zero-order valence-electron chi connectivity index (χ0n) is 21.2. The van der Waals surface area contributed by atoms with Crippen LogP contribution in [0.3, 0.4) is 0 Å². The smallest absolute Gasteiger partial charge is 0.416 e. The number of ether oxygens (including phenoxy) is 1. The van der Waals surface area contributed by atoms with Crippen molar-refractivity contribution in [2.75, 3.05) is 5.32 Å². The third-order valence-corrected chi connectivity index (χ3v) is 6.45. The van der Waals surface area contributed by atoms with Gasteiger partial charge in [0.1, 0.15) is 11.3 Å². The largest absolute Gasteiger partial charge is 0.444 e. The highest BCUT2D eigenvalue weighted by Gasteiger charge is 2.33. The van der Waals surface area contributed by atoms with Gasteiger partial charge in [-0.15, -0.1) is 0 Å². The van der Waals surface area contributed by atoms with Crippen molar-refractivity contribution in [3.05, 3.63) is 137 Å². The molecule has 0 saturated carbocycles. The Morgan fingerprint density at radius 1 is 0.854 bits per heavy atom. The third kappa shape index (κ3) is 6.31. The van der Waals surface area contributed by atoms with Crippen molar-refractivity contribution in [1.82, 2.24) is 9.78 Å². The fraction of sp³-hybridized carbons (Fsp3) is 0.0645. The maximum Gasteiger partial charge on any atom is 0.416 e. The number of nitrogens with one attached hydrogen (secondary N) is 1. The van der Waals surface area contributed by atoms with Gasteiger partial charge in [0.25, 0.3) is 5.91 Å². The summed E-state index contributed by atoms with van der Waals surface area (Å²) in [4.78, 5) is 27.1. The van der Waals surface area contributed by atoms with Gasteiger partial charge in [-0.25, -0.2) is 9.48 Å². The molecule has 0 unspecified atom stereocenters. The summed E-state index contributed by atoms with van der Waals surface area (Å²) in [5.41, 5.74) is 0.791. The number of alkyl halides is 3. The molecule has 0 saturated heterocycles. The summed E-state index contributed by atoms with van der Waals surface area (Å²) in [7, 11) is 0. The number of carbonyl (C=O) groups is 2. The van der Waals surface area contributed by atoms with Crippen LogP contribution in [0.15, 0.2) is 115 Å². The fourth-order valence-corrected chi connectivity index (χ4v) is 4.28. The topological polar surface area (TPSA) is 73.2 Å². The predicted molar refractivity (Wildman–Crippen MR) is 149 cm³/mol. The molecule has 10 heteroatoms. The van der Waals surface area contributed by atoms with Gasteiger partial charge in [-0.1, -0.05) is 90.5 Å². The number of halogens is 4. The van der Waals surface area contributed by atoms with Gasteiger partial charge in [0.05, 0.1) is 22.0 Å². The second kappa shape index (κ2) is 11.7. The van der Waals surface area contributed by atoms with E-state index in [1.807, 2.05) is 36.4 Å². The highest BCUT2D eigenvalue weighted by molar-refractivity contribution is 6.33. The minimum absolute atomic E-state index is 0.0888. The van der Waals surface area contributed by atoms with Gasteiger partial charge in [-0.3, -0.25) is 4.79 Å². The Morgan fingerprint density at radius 3 is 2.10 bits per heavy atom. The maximum absolute atomic E-state index is 13.6. The standard InChI is InChI=1S/C31H21ClF3N3O3/c32-25-17-16-22(31(33,34)35)18-26(25)36-29(39)28(21-12-6-2-7-13-21)41-30(40)24-19-38(23-14-8-3-9-15-23)37-27(24)20-10-4-1-5-11-20/h1-19,28H,(H,36,39)/t28-/m0/s1. The van der Waals surface area contributed by atoms with Crippen LogP contribution in [0.2, 0.25) is 5.02 Å². The van der Waals surface area contributed by atoms with Gasteiger partial charge in [-0.2, -0.15) is 18.3 Å². The summed E-state index contributed by atoms with van der Waals surface area (Å²) in [6, 6.07) is 28.8. The van der Waals surface area contributed by atoms with Gasteiger partial charge in [0, 0.05) is 17.3 Å². The van der Waals surface area contributed by atoms with Crippen LogP contribution in [0.25, 0.3) is 16.9 Å². The summed E-state index contributed by atoms with van der Waals surface area (Å²) in [6.07, 6.45) is -4.66. The van der Waals surface area contributed by atoms with Crippen LogP contribution in [-0.4, -0.2) is 21.7 Å². The number of rotatable bonds is 7. The summed E-state index contributed by atoms with van der Waals surface area (Å²) < 4.78 is 47.1. The van der Waals surface area contributed by atoms with Crippen LogP contribution in [0.5, 0.6) is 0 Å². The van der Waals surface area contributed by atoms with Crippen LogP contribution < -0.4 is 5.32 Å². The zero-order chi connectivity index (χ0) is 29.0. The Bertz CT molecular complexity index is 1680. The van der Waals surface area contributed by atoms with E-state index in [4.69, 9.17) is 16.3 Å². The minimum atomic E-state index is -4.65. The molecular formula is C31H21ClF3N3O3. The molecule has 0 radical (unpaired) electrons. The van der Waals surface area contributed by atoms with E-state index in [2.05, 4.69) is 10.4 Å². The number of nitrogens with zero attached hydrogens (tertiary/aromatic N) is 2. The first-order valence-electron chi connectivity index (χ1n) is 12.3. The number of hydrogen-bond acceptors (Lipinski definition) is 4. The minimum Gasteiger partial charge on any atom is -0.444 e. The van der Waals surface area contributed by atoms with Gasteiger partial charge in [0.15, 0.2) is 0 Å². The number of benzene rings is 4. The zero-order valence-corrected chi connectivity index (χ0v) is 21.9. The van der Waals surface area contributed by atoms with Crippen molar-refractivity contribution in [2.24, 2.45) is 0 Å². The molecule has 0 spiro atoms. The molecular weight excluding hydrogens is 555 g/mol. The highest BCUT2D eigenvalue weighted by Crippen LogP contribution is 2.35. The van der Waals surface area contributed by atoms with E-state index < -0.39 is 29.7 Å². The Morgan fingerprint density at radius 2 is 1.46 bits per heavy atom. The van der Waals surface area contributed by atoms with E-state index in [9.17, 15) is 22.8 Å². The van der Waals surface area contributed by atoms with E-state index in [-0.39, 0.29) is 16.3 Å². The highest BCUT2D eigenvalue weighted by atomic mass is 35.5. The van der Waals surface area contributed by atoms with Crippen molar-refractivity contribution in [1.29, 1.82) is 0 Å². The molecule has 1 N–H and O–H groups in total. The lowest BCUT2D eigenvalue weighted by atomic mass is 10.1. The molecule has 0 aliphatic heterocycles. The average molecular weight is 576 g/mol. The Kier molecular flexibility index (Phi) is 7.89. The van der Waals surface area contributed by atoms with E-state index >= 15 is 0 Å². The van der Waals surface area contributed by atoms with Gasteiger partial charge in [-0.05, 0) is 30.3 Å². The molecule has 1 heterocycles. The second-order valence-corrected chi connectivity index (χ2v) is 9.32. The lowest BCUT2D eigenvalue weighted by Crippen LogP contribution is -2.26.